The van der Waals surface area contributed by atoms with Gasteiger partial charge in [0.2, 0.25) is 15.8 Å². The molecule has 0 spiro atoms. The monoisotopic (exact) mass is 534 g/mol. The quantitative estimate of drug-likeness (QED) is 0.368. The number of benzene rings is 3. The van der Waals surface area contributed by atoms with Crippen molar-refractivity contribution >= 4 is 15.7 Å². The van der Waals surface area contributed by atoms with Crippen molar-refractivity contribution in [2.24, 2.45) is 0 Å². The third-order valence-corrected chi connectivity index (χ3v) is 7.80. The molecule has 4 aromatic rings. The molecule has 1 aromatic heterocycles. The highest BCUT2D eigenvalue weighted by atomic mass is 32.2. The fraction of sp³-hybridized carbons (Fsp3) is 0.214. The van der Waals surface area contributed by atoms with Crippen LogP contribution in [0.15, 0.2) is 83.8 Å². The van der Waals surface area contributed by atoms with Crippen molar-refractivity contribution < 1.29 is 17.5 Å². The Morgan fingerprint density at radius 2 is 1.42 bits per heavy atom. The zero-order chi connectivity index (χ0) is 26.9. The highest BCUT2D eigenvalue weighted by Crippen LogP contribution is 2.31. The van der Waals surface area contributed by atoms with E-state index in [1.54, 1.807) is 30.5 Å². The van der Waals surface area contributed by atoms with Gasteiger partial charge in [0.05, 0.1) is 18.1 Å². The van der Waals surface area contributed by atoms with E-state index in [1.165, 1.54) is 27.4 Å². The Bertz CT molecular complexity index is 1600. The highest BCUT2D eigenvalue weighted by molar-refractivity contribution is 7.88. The van der Waals surface area contributed by atoms with Gasteiger partial charge in [-0.05, 0) is 54.4 Å². The molecule has 0 unspecified atom stereocenters. The normalized spacial score (nSPS) is 14.4. The fourth-order valence-electron chi connectivity index (χ4n) is 4.36. The molecule has 1 aliphatic heterocycles. The molecule has 1 saturated heterocycles. The van der Waals surface area contributed by atoms with E-state index in [9.17, 15) is 17.6 Å². The number of nitrogens with zero attached hydrogens (tertiary/aromatic N) is 4. The molecule has 0 bridgehead atoms. The molecule has 2 heterocycles. The molecule has 1 fully saturated rings. The van der Waals surface area contributed by atoms with Gasteiger partial charge in [-0.25, -0.2) is 12.8 Å². The first-order valence-corrected chi connectivity index (χ1v) is 14.0. The van der Waals surface area contributed by atoms with Gasteiger partial charge in [0.1, 0.15) is 17.3 Å². The van der Waals surface area contributed by atoms with Gasteiger partial charge in [0, 0.05) is 26.2 Å². The summed E-state index contributed by atoms with van der Waals surface area (Å²) in [5, 5.41) is 4.40. The summed E-state index contributed by atoms with van der Waals surface area (Å²) in [4.78, 5) is 15.6. The van der Waals surface area contributed by atoms with Gasteiger partial charge in [-0.1, -0.05) is 42.0 Å². The average molecular weight is 535 g/mol. The van der Waals surface area contributed by atoms with Crippen LogP contribution in [0.1, 0.15) is 5.56 Å². The lowest BCUT2D eigenvalue weighted by atomic mass is 10.1. The summed E-state index contributed by atoms with van der Waals surface area (Å²) in [5.41, 5.74) is 3.45. The van der Waals surface area contributed by atoms with E-state index in [2.05, 4.69) is 5.10 Å². The first-order chi connectivity index (χ1) is 18.2. The third kappa shape index (κ3) is 5.46. The molecular formula is C28H27FN4O4S. The molecule has 3 aromatic carbocycles. The SMILES string of the molecule is Cc1ccc(-n2ncc(N3CCN(S(C)(=O)=O)CC3)c(Oc3ccc(-c4ccc(F)cc4)cc3)c2=O)cc1. The molecule has 10 heteroatoms. The molecule has 0 saturated carbocycles. The maximum absolute atomic E-state index is 13.7. The summed E-state index contributed by atoms with van der Waals surface area (Å²) in [6, 6.07) is 20.8. The lowest BCUT2D eigenvalue weighted by molar-refractivity contribution is 0.384. The van der Waals surface area contributed by atoms with E-state index < -0.39 is 15.6 Å². The number of hydrogen-bond donors (Lipinski definition) is 0. The highest BCUT2D eigenvalue weighted by Gasteiger charge is 2.27. The Balaban J connectivity index is 1.49. The van der Waals surface area contributed by atoms with Crippen molar-refractivity contribution in [3.05, 3.63) is 101 Å². The summed E-state index contributed by atoms with van der Waals surface area (Å²) in [6.07, 6.45) is 2.77. The van der Waals surface area contributed by atoms with Crippen molar-refractivity contribution in [3.63, 3.8) is 0 Å². The maximum Gasteiger partial charge on any atom is 0.316 e. The molecular weight excluding hydrogens is 507 g/mol. The topological polar surface area (TPSA) is 84.7 Å². The van der Waals surface area contributed by atoms with E-state index in [4.69, 9.17) is 4.74 Å². The van der Waals surface area contributed by atoms with Gasteiger partial charge in [-0.2, -0.15) is 14.1 Å². The molecule has 0 radical (unpaired) electrons. The van der Waals surface area contributed by atoms with Crippen LogP contribution < -0.4 is 15.2 Å². The number of ether oxygens (including phenoxy) is 1. The predicted molar refractivity (Wildman–Crippen MR) is 145 cm³/mol. The van der Waals surface area contributed by atoms with Gasteiger partial charge in [-0.15, -0.1) is 0 Å². The largest absolute Gasteiger partial charge is 0.449 e. The molecule has 0 aliphatic carbocycles. The zero-order valence-electron chi connectivity index (χ0n) is 21.0. The second kappa shape index (κ2) is 10.4. The van der Waals surface area contributed by atoms with E-state index in [-0.39, 0.29) is 11.6 Å². The molecule has 0 amide bonds. The Kier molecular flexibility index (Phi) is 7.00. The number of rotatable bonds is 6. The van der Waals surface area contributed by atoms with Crippen LogP contribution >= 0.6 is 0 Å². The number of aryl methyl sites for hydroxylation is 1. The molecule has 0 atom stereocenters. The van der Waals surface area contributed by atoms with Gasteiger partial charge in [0.15, 0.2) is 0 Å². The Hall–Kier alpha value is -4.02. The van der Waals surface area contributed by atoms with Gasteiger partial charge < -0.3 is 9.64 Å². The average Bonchev–Trinajstić information content (AvgIpc) is 2.91. The van der Waals surface area contributed by atoms with Crippen LogP contribution in [-0.4, -0.2) is 54.9 Å². The molecule has 8 nitrogen and oxygen atoms in total. The van der Waals surface area contributed by atoms with E-state index in [0.29, 0.717) is 43.3 Å². The van der Waals surface area contributed by atoms with E-state index in [1.807, 2.05) is 48.2 Å². The summed E-state index contributed by atoms with van der Waals surface area (Å²) in [5.74, 6) is 0.245. The van der Waals surface area contributed by atoms with Crippen LogP contribution in [0.2, 0.25) is 0 Å². The Morgan fingerprint density at radius 3 is 2.00 bits per heavy atom. The van der Waals surface area contributed by atoms with Crippen molar-refractivity contribution in [2.45, 2.75) is 6.92 Å². The summed E-state index contributed by atoms with van der Waals surface area (Å²) in [6.45, 7) is 3.34. The second-order valence-electron chi connectivity index (χ2n) is 9.19. The minimum atomic E-state index is -3.30. The minimum absolute atomic E-state index is 0.0999. The van der Waals surface area contributed by atoms with E-state index in [0.717, 1.165) is 16.7 Å². The number of hydrogen-bond acceptors (Lipinski definition) is 6. The molecule has 1 aliphatic rings. The smallest absolute Gasteiger partial charge is 0.316 e. The first kappa shape index (κ1) is 25.6. The number of sulfonamides is 1. The molecule has 196 valence electrons. The number of piperazine rings is 1. The van der Waals surface area contributed by atoms with Crippen LogP contribution in [0, 0.1) is 12.7 Å². The van der Waals surface area contributed by atoms with Crippen molar-refractivity contribution in [2.75, 3.05) is 37.3 Å². The third-order valence-electron chi connectivity index (χ3n) is 6.49. The van der Waals surface area contributed by atoms with Crippen LogP contribution in [0.5, 0.6) is 11.5 Å². The van der Waals surface area contributed by atoms with Gasteiger partial charge in [0.25, 0.3) is 0 Å². The second-order valence-corrected chi connectivity index (χ2v) is 11.2. The summed E-state index contributed by atoms with van der Waals surface area (Å²) in [7, 11) is -3.30. The molecule has 38 heavy (non-hydrogen) atoms. The fourth-order valence-corrected chi connectivity index (χ4v) is 5.18. The van der Waals surface area contributed by atoms with Crippen molar-refractivity contribution in [1.29, 1.82) is 0 Å². The predicted octanol–water partition coefficient (Wildman–Crippen LogP) is 4.22. The minimum Gasteiger partial charge on any atom is -0.449 e. The van der Waals surface area contributed by atoms with Crippen molar-refractivity contribution in [1.82, 2.24) is 14.1 Å². The van der Waals surface area contributed by atoms with Gasteiger partial charge >= 0.3 is 5.56 Å². The summed E-state index contributed by atoms with van der Waals surface area (Å²) < 4.78 is 46.1. The number of halogens is 1. The lowest BCUT2D eigenvalue weighted by Gasteiger charge is -2.35. The first-order valence-electron chi connectivity index (χ1n) is 12.1. The van der Waals surface area contributed by atoms with Crippen LogP contribution in [0.3, 0.4) is 0 Å². The van der Waals surface area contributed by atoms with Crippen LogP contribution in [0.25, 0.3) is 16.8 Å². The molecule has 0 N–H and O–H groups in total. The van der Waals surface area contributed by atoms with E-state index >= 15 is 0 Å². The maximum atomic E-state index is 13.7. The standard InChI is InChI=1S/C28H27FN4O4S/c1-20-3-11-24(12-4-20)33-28(34)27(26(19-30-33)31-15-17-32(18-16-31)38(2,35)36)37-25-13-7-22(8-14-25)21-5-9-23(29)10-6-21/h3-14,19H,15-18H2,1-2H3. The van der Waals surface area contributed by atoms with Crippen molar-refractivity contribution in [3.8, 4) is 28.3 Å². The Morgan fingerprint density at radius 1 is 0.842 bits per heavy atom. The summed E-state index contributed by atoms with van der Waals surface area (Å²) >= 11 is 0. The van der Waals surface area contributed by atoms with Gasteiger partial charge in [-0.3, -0.25) is 4.79 Å². The van der Waals surface area contributed by atoms with Crippen LogP contribution in [0.4, 0.5) is 10.1 Å². The van der Waals surface area contributed by atoms with Crippen LogP contribution in [-0.2, 0) is 10.0 Å². The lowest BCUT2D eigenvalue weighted by Crippen LogP contribution is -2.48. The zero-order valence-corrected chi connectivity index (χ0v) is 21.9. The Labute approximate surface area is 220 Å². The number of anilines is 1. The molecule has 5 rings (SSSR count). The number of aromatic nitrogens is 2.